The summed E-state index contributed by atoms with van der Waals surface area (Å²) in [5.41, 5.74) is 2.46. The monoisotopic (exact) mass is 354 g/mol. The number of hydrogen-bond acceptors (Lipinski definition) is 3. The average molecular weight is 354 g/mol. The summed E-state index contributed by atoms with van der Waals surface area (Å²) in [5.74, 6) is 0.181. The van der Waals surface area contributed by atoms with Crippen LogP contribution in [0.1, 0.15) is 30.5 Å². The molecule has 2 N–H and O–H groups in total. The number of carbonyl (C=O) groups is 1. The molecule has 0 spiro atoms. The van der Waals surface area contributed by atoms with Crippen molar-refractivity contribution in [2.24, 2.45) is 11.8 Å². The molecule has 0 radical (unpaired) electrons. The van der Waals surface area contributed by atoms with Gasteiger partial charge in [-0.15, -0.1) is 0 Å². The van der Waals surface area contributed by atoms with Gasteiger partial charge < -0.3 is 14.8 Å². The molecular formula is C21H26N2O3. The molecular weight excluding hydrogens is 328 g/mol. The number of aromatic nitrogens is 1. The van der Waals surface area contributed by atoms with Gasteiger partial charge >= 0.3 is 5.97 Å². The number of aliphatic carboxylic acids is 1. The Morgan fingerprint density at radius 1 is 1.42 bits per heavy atom. The summed E-state index contributed by atoms with van der Waals surface area (Å²) in [6.07, 6.45) is 3.76. The molecule has 1 aromatic heterocycles. The van der Waals surface area contributed by atoms with Crippen molar-refractivity contribution in [3.05, 3.63) is 35.5 Å². The Morgan fingerprint density at radius 2 is 2.27 bits per heavy atom. The molecule has 4 bridgehead atoms. The van der Waals surface area contributed by atoms with Gasteiger partial charge in [0.1, 0.15) is 5.41 Å². The summed E-state index contributed by atoms with van der Waals surface area (Å²) in [7, 11) is 1.73. The number of methoxy groups -OCH3 is 1. The fourth-order valence-electron chi connectivity index (χ4n) is 6.25. The van der Waals surface area contributed by atoms with E-state index in [0.717, 1.165) is 50.0 Å². The quantitative estimate of drug-likeness (QED) is 0.886. The van der Waals surface area contributed by atoms with Gasteiger partial charge in [0.25, 0.3) is 0 Å². The first-order chi connectivity index (χ1) is 12.6. The summed E-state index contributed by atoms with van der Waals surface area (Å²) >= 11 is 0. The number of benzene rings is 1. The van der Waals surface area contributed by atoms with Gasteiger partial charge in [0.05, 0.1) is 0 Å². The fraction of sp³-hybridized carbons (Fsp3) is 0.571. The minimum Gasteiger partial charge on any atom is -0.480 e. The van der Waals surface area contributed by atoms with E-state index in [9.17, 15) is 9.90 Å². The van der Waals surface area contributed by atoms with Crippen LogP contribution in [0, 0.1) is 11.8 Å². The van der Waals surface area contributed by atoms with Gasteiger partial charge in [0.2, 0.25) is 0 Å². The Balaban J connectivity index is 1.72. The fourth-order valence-corrected chi connectivity index (χ4v) is 6.25. The maximum absolute atomic E-state index is 12.8. The second-order valence-electron chi connectivity index (χ2n) is 8.34. The largest absolute Gasteiger partial charge is 0.480 e. The number of hydrogen-bond donors (Lipinski definition) is 2. The first-order valence-electron chi connectivity index (χ1n) is 9.71. The van der Waals surface area contributed by atoms with Gasteiger partial charge in [0.15, 0.2) is 0 Å². The zero-order chi connectivity index (χ0) is 17.9. The van der Waals surface area contributed by atoms with Crippen molar-refractivity contribution >= 4 is 16.9 Å². The predicted molar refractivity (Wildman–Crippen MR) is 99.4 cm³/mol. The Kier molecular flexibility index (Phi) is 3.66. The van der Waals surface area contributed by atoms with E-state index in [1.54, 1.807) is 7.11 Å². The molecule has 26 heavy (non-hydrogen) atoms. The average Bonchev–Trinajstić information content (AvgIpc) is 2.99. The Bertz CT molecular complexity index is 860. The molecule has 2 saturated heterocycles. The number of H-pyrrole nitrogens is 1. The molecule has 138 valence electrons. The second-order valence-corrected chi connectivity index (χ2v) is 8.34. The number of rotatable bonds is 4. The molecule has 3 aliphatic heterocycles. The molecule has 1 aromatic carbocycles. The van der Waals surface area contributed by atoms with Crippen LogP contribution < -0.4 is 0 Å². The normalized spacial score (nSPS) is 35.3. The number of piperidine rings is 2. The SMILES string of the molecule is COCCC1CC2CN3CCc4c([nH]c5ccccc45)C(C(=O)O)(C2)C13. The lowest BCUT2D eigenvalue weighted by Crippen LogP contribution is -2.67. The van der Waals surface area contributed by atoms with Crippen LogP contribution >= 0.6 is 0 Å². The van der Waals surface area contributed by atoms with E-state index in [0.29, 0.717) is 18.4 Å². The van der Waals surface area contributed by atoms with Crippen LogP contribution in [0.4, 0.5) is 0 Å². The maximum atomic E-state index is 12.8. The van der Waals surface area contributed by atoms with Crippen molar-refractivity contribution < 1.29 is 14.6 Å². The molecule has 5 nitrogen and oxygen atoms in total. The first-order valence-corrected chi connectivity index (χ1v) is 9.71. The molecule has 4 heterocycles. The highest BCUT2D eigenvalue weighted by Crippen LogP contribution is 2.55. The van der Waals surface area contributed by atoms with Crippen molar-refractivity contribution in [3.63, 3.8) is 0 Å². The zero-order valence-electron chi connectivity index (χ0n) is 15.2. The smallest absolute Gasteiger partial charge is 0.317 e. The van der Waals surface area contributed by atoms with E-state index in [-0.39, 0.29) is 6.04 Å². The number of carboxylic acids is 1. The van der Waals surface area contributed by atoms with Crippen molar-refractivity contribution in [1.82, 2.24) is 9.88 Å². The minimum atomic E-state index is -0.815. The van der Waals surface area contributed by atoms with E-state index >= 15 is 0 Å². The third kappa shape index (κ3) is 2.07. The van der Waals surface area contributed by atoms with Crippen LogP contribution in [0.3, 0.4) is 0 Å². The topological polar surface area (TPSA) is 65.6 Å². The third-order valence-electron chi connectivity index (χ3n) is 7.07. The highest BCUT2D eigenvalue weighted by atomic mass is 16.5. The minimum absolute atomic E-state index is 0.0643. The van der Waals surface area contributed by atoms with Crippen LogP contribution in [-0.4, -0.2) is 53.8 Å². The predicted octanol–water partition coefficient (Wildman–Crippen LogP) is 2.79. The highest BCUT2D eigenvalue weighted by Gasteiger charge is 2.62. The Hall–Kier alpha value is -1.85. The van der Waals surface area contributed by atoms with E-state index in [1.165, 1.54) is 10.9 Å². The van der Waals surface area contributed by atoms with E-state index < -0.39 is 11.4 Å². The number of nitrogens with one attached hydrogen (secondary N) is 1. The molecule has 6 rings (SSSR count). The molecule has 5 atom stereocenters. The molecule has 2 aromatic rings. The number of ether oxygens (including phenoxy) is 1. The van der Waals surface area contributed by atoms with Crippen molar-refractivity contribution in [2.45, 2.75) is 37.1 Å². The Morgan fingerprint density at radius 3 is 3.08 bits per heavy atom. The number of carboxylic acid groups (broad SMARTS) is 1. The molecule has 0 amide bonds. The third-order valence-corrected chi connectivity index (χ3v) is 7.07. The lowest BCUT2D eigenvalue weighted by molar-refractivity contribution is -0.159. The van der Waals surface area contributed by atoms with E-state index in [4.69, 9.17) is 4.74 Å². The van der Waals surface area contributed by atoms with E-state index in [1.807, 2.05) is 6.07 Å². The van der Waals surface area contributed by atoms with Crippen molar-refractivity contribution in [2.75, 3.05) is 26.8 Å². The van der Waals surface area contributed by atoms with E-state index in [2.05, 4.69) is 28.1 Å². The first kappa shape index (κ1) is 16.3. The van der Waals surface area contributed by atoms with Gasteiger partial charge in [-0.2, -0.15) is 0 Å². The number of nitrogens with zero attached hydrogens (tertiary/aromatic N) is 1. The Labute approximate surface area is 153 Å². The van der Waals surface area contributed by atoms with Crippen LogP contribution in [0.15, 0.2) is 24.3 Å². The van der Waals surface area contributed by atoms with Crippen LogP contribution in [0.25, 0.3) is 10.9 Å². The molecule has 1 aliphatic carbocycles. The van der Waals surface area contributed by atoms with Gasteiger partial charge in [-0.05, 0) is 49.1 Å². The number of para-hydroxylation sites is 1. The zero-order valence-corrected chi connectivity index (χ0v) is 15.2. The standard InChI is InChI=1S/C21H26N2O3/c1-26-9-7-14-10-13-11-21(20(24)25)18-16(6-8-23(12-13)19(14)21)15-4-2-3-5-17(15)22-18/h2-5,13-14,19,22H,6-12H2,1H3,(H,24,25). The molecule has 4 aliphatic rings. The van der Waals surface area contributed by atoms with Crippen LogP contribution in [0.2, 0.25) is 0 Å². The lowest BCUT2D eigenvalue weighted by atomic mass is 9.56. The van der Waals surface area contributed by atoms with Crippen molar-refractivity contribution in [1.29, 1.82) is 0 Å². The van der Waals surface area contributed by atoms with Gasteiger partial charge in [-0.1, -0.05) is 18.2 Å². The molecule has 3 fully saturated rings. The van der Waals surface area contributed by atoms with Gasteiger partial charge in [0, 0.05) is 49.4 Å². The summed E-state index contributed by atoms with van der Waals surface area (Å²) in [5, 5.41) is 11.7. The van der Waals surface area contributed by atoms with Gasteiger partial charge in [-0.3, -0.25) is 9.69 Å². The van der Waals surface area contributed by atoms with Crippen LogP contribution in [-0.2, 0) is 21.4 Å². The highest BCUT2D eigenvalue weighted by molar-refractivity contribution is 5.91. The van der Waals surface area contributed by atoms with Crippen molar-refractivity contribution in [3.8, 4) is 0 Å². The maximum Gasteiger partial charge on any atom is 0.317 e. The summed E-state index contributed by atoms with van der Waals surface area (Å²) in [6, 6.07) is 8.34. The molecule has 5 unspecified atom stereocenters. The summed E-state index contributed by atoms with van der Waals surface area (Å²) in [6.45, 7) is 2.71. The summed E-state index contributed by atoms with van der Waals surface area (Å²) < 4.78 is 5.34. The second kappa shape index (κ2) is 5.83. The lowest BCUT2D eigenvalue weighted by Gasteiger charge is -2.57. The van der Waals surface area contributed by atoms with Gasteiger partial charge in [-0.25, -0.2) is 0 Å². The molecule has 5 heteroatoms. The summed E-state index contributed by atoms with van der Waals surface area (Å²) in [4.78, 5) is 18.8. The molecule has 1 saturated carbocycles. The number of aromatic amines is 1. The van der Waals surface area contributed by atoms with Crippen LogP contribution in [0.5, 0.6) is 0 Å². The number of fused-ring (bicyclic) bond motifs is 4.